The van der Waals surface area contributed by atoms with Gasteiger partial charge in [-0.2, -0.15) is 0 Å². The average Bonchev–Trinajstić information content (AvgIpc) is 3.17. The number of nitrogens with one attached hydrogen (secondary N) is 1. The van der Waals surface area contributed by atoms with Crippen LogP contribution in [0.1, 0.15) is 56.7 Å². The number of hydrogen-bond acceptors (Lipinski definition) is 4. The molecule has 0 bridgehead atoms. The van der Waals surface area contributed by atoms with Crippen LogP contribution in [0.5, 0.6) is 0 Å². The smallest absolute Gasteiger partial charge is 0.410 e. The van der Waals surface area contributed by atoms with Crippen LogP contribution in [-0.2, 0) is 14.3 Å². The highest BCUT2D eigenvalue weighted by Crippen LogP contribution is 2.43. The molecule has 198 valence electrons. The van der Waals surface area contributed by atoms with Gasteiger partial charge in [0.2, 0.25) is 5.91 Å². The Morgan fingerprint density at radius 1 is 1.14 bits per heavy atom. The van der Waals surface area contributed by atoms with E-state index in [0.29, 0.717) is 23.0 Å². The molecule has 2 heterocycles. The topological polar surface area (TPSA) is 95.9 Å². The molecule has 0 aliphatic carbocycles. The highest BCUT2D eigenvalue weighted by Gasteiger charge is 2.45. The van der Waals surface area contributed by atoms with Crippen molar-refractivity contribution < 1.29 is 24.2 Å². The maximum absolute atomic E-state index is 13.0. The Labute approximate surface area is 227 Å². The summed E-state index contributed by atoms with van der Waals surface area (Å²) in [4.78, 5) is 39.1. The van der Waals surface area contributed by atoms with E-state index < -0.39 is 11.9 Å². The number of amides is 2. The van der Waals surface area contributed by atoms with Crippen LogP contribution in [0.3, 0.4) is 0 Å². The molecule has 7 nitrogen and oxygen atoms in total. The minimum absolute atomic E-state index is 0.0944. The van der Waals surface area contributed by atoms with Crippen LogP contribution in [-0.4, -0.2) is 46.7 Å². The highest BCUT2D eigenvalue weighted by molar-refractivity contribution is 6.30. The fraction of sp³-hybridized carbons (Fsp3) is 0.464. The number of nitrogens with zero attached hydrogens (tertiary/aromatic N) is 1. The Bertz CT molecular complexity index is 1160. The molecule has 0 radical (unpaired) electrons. The molecule has 2 aromatic carbocycles. The van der Waals surface area contributed by atoms with Crippen LogP contribution in [0.4, 0.5) is 4.79 Å². The van der Waals surface area contributed by atoms with E-state index in [9.17, 15) is 19.5 Å². The van der Waals surface area contributed by atoms with Gasteiger partial charge < -0.3 is 15.2 Å². The summed E-state index contributed by atoms with van der Waals surface area (Å²) in [5, 5.41) is 13.7. The minimum atomic E-state index is -1.01. The summed E-state index contributed by atoms with van der Waals surface area (Å²) in [5.41, 5.74) is 1.88. The molecule has 0 spiro atoms. The van der Waals surface area contributed by atoms with E-state index in [1.165, 1.54) is 0 Å². The number of carbonyl (C=O) groups excluding carboxylic acids is 2. The average molecular weight is 547 g/mol. The van der Waals surface area contributed by atoms with Crippen molar-refractivity contribution in [3.8, 4) is 0 Å². The summed E-state index contributed by atoms with van der Waals surface area (Å²) >= 11 is 12.5. The van der Waals surface area contributed by atoms with Gasteiger partial charge in [0.1, 0.15) is 6.10 Å². The SMILES string of the molecule is CC1CN(C(c2ccc(Cl)cc2)C(C)[C@H](C)[C@@H]2NC(=O)[C@@H](CC(=O)O)C[C@@H]2c2cccc(Cl)c2)C(=O)O1. The Morgan fingerprint density at radius 2 is 1.84 bits per heavy atom. The van der Waals surface area contributed by atoms with E-state index >= 15 is 0 Å². The molecule has 0 aromatic heterocycles. The number of carboxylic acid groups (broad SMARTS) is 1. The van der Waals surface area contributed by atoms with Crippen molar-refractivity contribution in [2.24, 2.45) is 17.8 Å². The standard InChI is InChI=1S/C28H32Cl2N2O5/c1-15-14-32(28(36)37-15)26(18-7-9-21(29)10-8-18)17(3)16(2)25-23(19-5-4-6-22(30)11-19)12-20(13-24(33)34)27(35)31-25/h4-11,15-17,20,23,25-26H,12-14H2,1-3H3,(H,31,35)(H,33,34)/t15?,16-,17?,20+,23+,25-,26?/m0/s1. The first kappa shape index (κ1) is 27.3. The highest BCUT2D eigenvalue weighted by atomic mass is 35.5. The monoisotopic (exact) mass is 546 g/mol. The summed E-state index contributed by atoms with van der Waals surface area (Å²) in [7, 11) is 0. The number of benzene rings is 2. The van der Waals surface area contributed by atoms with Gasteiger partial charge in [0.05, 0.1) is 19.0 Å². The maximum atomic E-state index is 13.0. The van der Waals surface area contributed by atoms with E-state index in [2.05, 4.69) is 19.2 Å². The van der Waals surface area contributed by atoms with Crippen molar-refractivity contribution in [2.75, 3.05) is 6.54 Å². The summed E-state index contributed by atoms with van der Waals surface area (Å²) in [6.07, 6.45) is -0.429. The fourth-order valence-corrected chi connectivity index (χ4v) is 6.13. The van der Waals surface area contributed by atoms with Gasteiger partial charge in [0.15, 0.2) is 0 Å². The molecule has 2 aliphatic heterocycles. The first-order valence-corrected chi connectivity index (χ1v) is 13.3. The molecular weight excluding hydrogens is 515 g/mol. The number of halogens is 2. The fourth-order valence-electron chi connectivity index (χ4n) is 5.81. The summed E-state index contributed by atoms with van der Waals surface area (Å²) < 4.78 is 5.47. The predicted octanol–water partition coefficient (Wildman–Crippen LogP) is 5.91. The lowest BCUT2D eigenvalue weighted by atomic mass is 9.70. The van der Waals surface area contributed by atoms with Gasteiger partial charge in [0, 0.05) is 27.9 Å². The zero-order valence-corrected chi connectivity index (χ0v) is 22.6. The predicted molar refractivity (Wildman–Crippen MR) is 142 cm³/mol. The molecule has 3 unspecified atom stereocenters. The zero-order chi connectivity index (χ0) is 26.9. The molecular formula is C28H32Cl2N2O5. The van der Waals surface area contributed by atoms with Crippen LogP contribution >= 0.6 is 23.2 Å². The molecule has 4 rings (SSSR count). The van der Waals surface area contributed by atoms with Crippen molar-refractivity contribution in [3.05, 3.63) is 69.7 Å². The van der Waals surface area contributed by atoms with Crippen molar-refractivity contribution in [1.82, 2.24) is 10.2 Å². The normalized spacial score (nSPS) is 26.2. The third-order valence-corrected chi connectivity index (χ3v) is 8.27. The second-order valence-corrected chi connectivity index (χ2v) is 11.2. The van der Waals surface area contributed by atoms with E-state index in [0.717, 1.165) is 11.1 Å². The quantitative estimate of drug-likeness (QED) is 0.429. The lowest BCUT2D eigenvalue weighted by molar-refractivity contribution is -0.142. The third-order valence-electron chi connectivity index (χ3n) is 7.78. The summed E-state index contributed by atoms with van der Waals surface area (Å²) in [5.74, 6) is -2.24. The van der Waals surface area contributed by atoms with Gasteiger partial charge in [-0.15, -0.1) is 0 Å². The lowest BCUT2D eigenvalue weighted by Gasteiger charge is -2.44. The number of piperidine rings is 1. The van der Waals surface area contributed by atoms with Crippen molar-refractivity contribution in [1.29, 1.82) is 0 Å². The largest absolute Gasteiger partial charge is 0.481 e. The van der Waals surface area contributed by atoms with Gasteiger partial charge in [-0.05, 0) is 60.6 Å². The molecule has 2 fully saturated rings. The van der Waals surface area contributed by atoms with Gasteiger partial charge in [-0.1, -0.05) is 61.3 Å². The number of carboxylic acids is 1. The molecule has 0 saturated carbocycles. The van der Waals surface area contributed by atoms with Gasteiger partial charge in [-0.3, -0.25) is 14.5 Å². The third kappa shape index (κ3) is 6.04. The first-order chi connectivity index (χ1) is 17.5. The molecule has 2 N–H and O–H groups in total. The number of cyclic esters (lactones) is 1. The van der Waals surface area contributed by atoms with Crippen molar-refractivity contribution in [2.45, 2.75) is 57.7 Å². The number of carbonyl (C=O) groups is 3. The van der Waals surface area contributed by atoms with Crippen LogP contribution in [0.25, 0.3) is 0 Å². The summed E-state index contributed by atoms with van der Waals surface area (Å²) in [6, 6.07) is 14.3. The van der Waals surface area contributed by atoms with Crippen molar-refractivity contribution >= 4 is 41.2 Å². The second kappa shape index (κ2) is 11.3. The van der Waals surface area contributed by atoms with Gasteiger partial charge in [0.25, 0.3) is 0 Å². The Hall–Kier alpha value is -2.77. The molecule has 2 aromatic rings. The maximum Gasteiger partial charge on any atom is 0.410 e. The van der Waals surface area contributed by atoms with E-state index in [4.69, 9.17) is 27.9 Å². The van der Waals surface area contributed by atoms with Crippen LogP contribution < -0.4 is 5.32 Å². The van der Waals surface area contributed by atoms with Crippen molar-refractivity contribution in [3.63, 3.8) is 0 Å². The van der Waals surface area contributed by atoms with E-state index in [1.54, 1.807) is 23.1 Å². The lowest BCUT2D eigenvalue weighted by Crippen LogP contribution is -2.54. The molecule has 2 aliphatic rings. The molecule has 2 saturated heterocycles. The number of ether oxygens (including phenoxy) is 1. The van der Waals surface area contributed by atoms with Gasteiger partial charge in [-0.25, -0.2) is 4.79 Å². The molecule has 9 heteroatoms. The van der Waals surface area contributed by atoms with E-state index in [-0.39, 0.29) is 54.4 Å². The minimum Gasteiger partial charge on any atom is -0.481 e. The first-order valence-electron chi connectivity index (χ1n) is 12.6. The van der Waals surface area contributed by atoms with Crippen LogP contribution in [0.2, 0.25) is 10.0 Å². The Balaban J connectivity index is 1.70. The number of aliphatic carboxylic acids is 1. The zero-order valence-electron chi connectivity index (χ0n) is 21.1. The Morgan fingerprint density at radius 3 is 2.43 bits per heavy atom. The summed E-state index contributed by atoms with van der Waals surface area (Å²) in [6.45, 7) is 6.46. The number of hydrogen-bond donors (Lipinski definition) is 2. The number of rotatable bonds is 8. The second-order valence-electron chi connectivity index (χ2n) is 10.3. The van der Waals surface area contributed by atoms with Crippen LogP contribution in [0.15, 0.2) is 48.5 Å². The molecule has 2 amide bonds. The van der Waals surface area contributed by atoms with E-state index in [1.807, 2.05) is 37.3 Å². The molecule has 37 heavy (non-hydrogen) atoms. The molecule has 7 atom stereocenters. The van der Waals surface area contributed by atoms with Gasteiger partial charge >= 0.3 is 12.1 Å². The Kier molecular flexibility index (Phi) is 8.34. The van der Waals surface area contributed by atoms with Crippen LogP contribution in [0, 0.1) is 17.8 Å².